The van der Waals surface area contributed by atoms with E-state index in [1.54, 1.807) is 7.11 Å². The molecular formula is C15H23NO. The van der Waals surface area contributed by atoms with E-state index in [1.165, 1.54) is 42.6 Å². The number of methoxy groups -OCH3 is 1. The fourth-order valence-corrected chi connectivity index (χ4v) is 2.76. The number of nitrogens with zero attached hydrogens (tertiary/aromatic N) is 1. The zero-order chi connectivity index (χ0) is 12.1. The summed E-state index contributed by atoms with van der Waals surface area (Å²) in [5.41, 5.74) is 3.92. The van der Waals surface area contributed by atoms with Crippen LogP contribution in [0.1, 0.15) is 55.0 Å². The van der Waals surface area contributed by atoms with Crippen molar-refractivity contribution in [1.29, 1.82) is 0 Å². The highest BCUT2D eigenvalue weighted by Gasteiger charge is 2.18. The van der Waals surface area contributed by atoms with Crippen LogP contribution in [0, 0.1) is 6.92 Å². The number of pyridine rings is 1. The molecule has 94 valence electrons. The Hall–Kier alpha value is -0.890. The van der Waals surface area contributed by atoms with Crippen LogP contribution in [-0.2, 0) is 11.2 Å². The van der Waals surface area contributed by atoms with Crippen LogP contribution in [0.3, 0.4) is 0 Å². The zero-order valence-electron chi connectivity index (χ0n) is 11.0. The molecule has 0 radical (unpaired) electrons. The molecule has 1 fully saturated rings. The van der Waals surface area contributed by atoms with E-state index in [4.69, 9.17) is 9.72 Å². The summed E-state index contributed by atoms with van der Waals surface area (Å²) in [7, 11) is 1.77. The first kappa shape index (κ1) is 12.6. The maximum absolute atomic E-state index is 5.11. The lowest BCUT2D eigenvalue weighted by Gasteiger charge is -2.11. The molecule has 1 heterocycles. The minimum Gasteiger partial charge on any atom is -0.385 e. The van der Waals surface area contributed by atoms with Gasteiger partial charge in [-0.15, -0.1) is 0 Å². The van der Waals surface area contributed by atoms with Crippen LogP contribution >= 0.6 is 0 Å². The van der Waals surface area contributed by atoms with Crippen molar-refractivity contribution in [2.24, 2.45) is 0 Å². The van der Waals surface area contributed by atoms with Gasteiger partial charge in [-0.2, -0.15) is 0 Å². The van der Waals surface area contributed by atoms with Crippen molar-refractivity contribution in [2.75, 3.05) is 13.7 Å². The predicted molar refractivity (Wildman–Crippen MR) is 70.4 cm³/mol. The summed E-state index contributed by atoms with van der Waals surface area (Å²) in [6.45, 7) is 2.96. The Balaban J connectivity index is 2.05. The molecule has 1 aliphatic rings. The summed E-state index contributed by atoms with van der Waals surface area (Å²) in [5, 5.41) is 0. The zero-order valence-corrected chi connectivity index (χ0v) is 11.0. The van der Waals surface area contributed by atoms with Crippen LogP contribution in [0.25, 0.3) is 0 Å². The van der Waals surface area contributed by atoms with Crippen LogP contribution in [0.2, 0.25) is 0 Å². The summed E-state index contributed by atoms with van der Waals surface area (Å²) in [4.78, 5) is 4.71. The summed E-state index contributed by atoms with van der Waals surface area (Å²) in [6, 6.07) is 4.53. The summed E-state index contributed by atoms with van der Waals surface area (Å²) in [6.07, 6.45) is 7.61. The van der Waals surface area contributed by atoms with E-state index in [0.29, 0.717) is 0 Å². The maximum atomic E-state index is 5.11. The van der Waals surface area contributed by atoms with Gasteiger partial charge in [0.25, 0.3) is 0 Å². The number of ether oxygens (including phenoxy) is 1. The molecule has 1 aliphatic carbocycles. The Kier molecular flexibility index (Phi) is 4.55. The highest BCUT2D eigenvalue weighted by atomic mass is 16.5. The van der Waals surface area contributed by atoms with Crippen LogP contribution < -0.4 is 0 Å². The van der Waals surface area contributed by atoms with E-state index in [-0.39, 0.29) is 0 Å². The SMILES string of the molecule is COCCCc1cc(C)nc(C2CCCC2)c1. The van der Waals surface area contributed by atoms with E-state index in [2.05, 4.69) is 19.1 Å². The Morgan fingerprint density at radius 2 is 2.06 bits per heavy atom. The third-order valence-corrected chi connectivity index (χ3v) is 3.62. The van der Waals surface area contributed by atoms with Gasteiger partial charge in [0.1, 0.15) is 0 Å². The van der Waals surface area contributed by atoms with E-state index in [9.17, 15) is 0 Å². The largest absolute Gasteiger partial charge is 0.385 e. The molecule has 2 heteroatoms. The Bertz CT molecular complexity index is 356. The first-order valence-electron chi connectivity index (χ1n) is 6.76. The highest BCUT2D eigenvalue weighted by molar-refractivity contribution is 5.24. The second kappa shape index (κ2) is 6.15. The first-order chi connectivity index (χ1) is 8.29. The molecule has 0 saturated heterocycles. The Labute approximate surface area is 104 Å². The van der Waals surface area contributed by atoms with E-state index in [1.807, 2.05) is 0 Å². The molecule has 0 atom stereocenters. The Morgan fingerprint density at radius 3 is 2.76 bits per heavy atom. The van der Waals surface area contributed by atoms with Crippen molar-refractivity contribution in [3.8, 4) is 0 Å². The van der Waals surface area contributed by atoms with Crippen LogP contribution in [0.5, 0.6) is 0 Å². The van der Waals surface area contributed by atoms with Crippen LogP contribution in [0.15, 0.2) is 12.1 Å². The van der Waals surface area contributed by atoms with Crippen molar-refractivity contribution in [3.05, 3.63) is 29.1 Å². The second-order valence-electron chi connectivity index (χ2n) is 5.12. The molecule has 0 unspecified atom stereocenters. The number of aryl methyl sites for hydroxylation is 2. The smallest absolute Gasteiger partial charge is 0.0465 e. The van der Waals surface area contributed by atoms with Gasteiger partial charge >= 0.3 is 0 Å². The molecule has 1 aromatic heterocycles. The van der Waals surface area contributed by atoms with Crippen molar-refractivity contribution in [3.63, 3.8) is 0 Å². The van der Waals surface area contributed by atoms with Gasteiger partial charge < -0.3 is 4.74 Å². The van der Waals surface area contributed by atoms with Crippen molar-refractivity contribution >= 4 is 0 Å². The lowest BCUT2D eigenvalue weighted by molar-refractivity contribution is 0.195. The summed E-state index contributed by atoms with van der Waals surface area (Å²) in [5.74, 6) is 0.719. The average Bonchev–Trinajstić information content (AvgIpc) is 2.82. The quantitative estimate of drug-likeness (QED) is 0.725. The number of hydrogen-bond donors (Lipinski definition) is 0. The van der Waals surface area contributed by atoms with Crippen molar-refractivity contribution in [2.45, 2.75) is 51.4 Å². The van der Waals surface area contributed by atoms with Gasteiger partial charge in [0, 0.05) is 31.0 Å². The minimum absolute atomic E-state index is 0.719. The third-order valence-electron chi connectivity index (χ3n) is 3.62. The minimum atomic E-state index is 0.719. The monoisotopic (exact) mass is 233 g/mol. The first-order valence-corrected chi connectivity index (χ1v) is 6.76. The van der Waals surface area contributed by atoms with Gasteiger partial charge in [-0.3, -0.25) is 4.98 Å². The molecule has 0 aromatic carbocycles. The second-order valence-corrected chi connectivity index (χ2v) is 5.12. The van der Waals surface area contributed by atoms with E-state index >= 15 is 0 Å². The molecule has 2 rings (SSSR count). The van der Waals surface area contributed by atoms with Crippen LogP contribution in [-0.4, -0.2) is 18.7 Å². The Morgan fingerprint density at radius 1 is 1.29 bits per heavy atom. The molecule has 1 aromatic rings. The van der Waals surface area contributed by atoms with Gasteiger partial charge in [-0.05, 0) is 50.3 Å². The van der Waals surface area contributed by atoms with Gasteiger partial charge in [0.2, 0.25) is 0 Å². The maximum Gasteiger partial charge on any atom is 0.0465 e. The molecule has 2 nitrogen and oxygen atoms in total. The summed E-state index contributed by atoms with van der Waals surface area (Å²) < 4.78 is 5.11. The molecule has 0 spiro atoms. The van der Waals surface area contributed by atoms with Crippen molar-refractivity contribution < 1.29 is 4.74 Å². The average molecular weight is 233 g/mol. The van der Waals surface area contributed by atoms with Gasteiger partial charge in [0.05, 0.1) is 0 Å². The topological polar surface area (TPSA) is 22.1 Å². The number of aromatic nitrogens is 1. The molecule has 17 heavy (non-hydrogen) atoms. The van der Waals surface area contributed by atoms with E-state index in [0.717, 1.165) is 25.4 Å². The fraction of sp³-hybridized carbons (Fsp3) is 0.667. The lowest BCUT2D eigenvalue weighted by Crippen LogP contribution is -2.01. The van der Waals surface area contributed by atoms with Crippen molar-refractivity contribution in [1.82, 2.24) is 4.98 Å². The molecule has 0 aliphatic heterocycles. The van der Waals surface area contributed by atoms with Gasteiger partial charge in [-0.1, -0.05) is 12.8 Å². The normalized spacial score (nSPS) is 16.6. The highest BCUT2D eigenvalue weighted by Crippen LogP contribution is 2.33. The molecular weight excluding hydrogens is 210 g/mol. The molecule has 0 bridgehead atoms. The molecule has 0 amide bonds. The molecule has 1 saturated carbocycles. The summed E-state index contributed by atoms with van der Waals surface area (Å²) >= 11 is 0. The lowest BCUT2D eigenvalue weighted by atomic mass is 9.99. The van der Waals surface area contributed by atoms with Gasteiger partial charge in [0.15, 0.2) is 0 Å². The van der Waals surface area contributed by atoms with Gasteiger partial charge in [-0.25, -0.2) is 0 Å². The predicted octanol–water partition coefficient (Wildman–Crippen LogP) is 3.63. The molecule has 0 N–H and O–H groups in total. The number of rotatable bonds is 5. The third kappa shape index (κ3) is 3.53. The van der Waals surface area contributed by atoms with E-state index < -0.39 is 0 Å². The standard InChI is InChI=1S/C15H23NO/c1-12-10-13(6-5-9-17-2)11-15(16-12)14-7-3-4-8-14/h10-11,14H,3-9H2,1-2H3. The van der Waals surface area contributed by atoms with Crippen LogP contribution in [0.4, 0.5) is 0 Å². The fourth-order valence-electron chi connectivity index (χ4n) is 2.76. The number of hydrogen-bond acceptors (Lipinski definition) is 2.